The minimum atomic E-state index is -0.917. The first-order chi connectivity index (χ1) is 13.9. The molecule has 0 aromatic carbocycles. The average Bonchev–Trinajstić information content (AvgIpc) is 2.95. The van der Waals surface area contributed by atoms with Crippen molar-refractivity contribution in [3.63, 3.8) is 0 Å². The number of hydrogen-bond acceptors (Lipinski definition) is 5. The van der Waals surface area contributed by atoms with Crippen LogP contribution in [0.3, 0.4) is 0 Å². The van der Waals surface area contributed by atoms with E-state index in [-0.39, 0.29) is 23.7 Å². The first-order valence-electron chi connectivity index (χ1n) is 10.4. The second-order valence-corrected chi connectivity index (χ2v) is 11.1. The molecule has 164 valence electrons. The second kappa shape index (κ2) is 7.43. The monoisotopic (exact) mass is 526 g/mol. The number of ether oxygens (including phenoxy) is 1. The number of fused-ring (bicyclic) bond motifs is 2. The van der Waals surface area contributed by atoms with Crippen LogP contribution in [0.5, 0.6) is 0 Å². The molecule has 2 N–H and O–H groups in total. The number of likely N-dealkylation sites (tertiary alicyclic amines) is 1. The highest BCUT2D eigenvalue weighted by molar-refractivity contribution is 14.1. The Morgan fingerprint density at radius 3 is 2.53 bits per heavy atom. The lowest BCUT2D eigenvalue weighted by molar-refractivity contribution is -0.236. The van der Waals surface area contributed by atoms with E-state index in [1.807, 2.05) is 51.8 Å². The lowest BCUT2D eigenvalue weighted by Gasteiger charge is -2.31. The highest BCUT2D eigenvalue weighted by Gasteiger charge is 2.60. The van der Waals surface area contributed by atoms with E-state index in [1.54, 1.807) is 0 Å². The molecule has 4 atom stereocenters. The van der Waals surface area contributed by atoms with E-state index in [4.69, 9.17) is 9.72 Å². The summed E-state index contributed by atoms with van der Waals surface area (Å²) < 4.78 is 8.66. The number of piperidine rings is 1. The predicted octanol–water partition coefficient (Wildman–Crippen LogP) is 2.87. The van der Waals surface area contributed by atoms with Gasteiger partial charge < -0.3 is 19.6 Å². The summed E-state index contributed by atoms with van der Waals surface area (Å²) in [4.78, 5) is 19.8. The van der Waals surface area contributed by atoms with Gasteiger partial charge in [0.2, 0.25) is 12.3 Å². The van der Waals surface area contributed by atoms with Crippen molar-refractivity contribution >= 4 is 34.0 Å². The second-order valence-electron chi connectivity index (χ2n) is 10.1. The van der Waals surface area contributed by atoms with Crippen molar-refractivity contribution in [3.8, 4) is 0 Å². The number of nitrogens with zero attached hydrogens (tertiary/aromatic N) is 3. The van der Waals surface area contributed by atoms with Crippen molar-refractivity contribution in [1.82, 2.24) is 19.6 Å². The largest absolute Gasteiger partial charge is 0.356 e. The highest BCUT2D eigenvalue weighted by atomic mass is 127. The fourth-order valence-electron chi connectivity index (χ4n) is 4.66. The van der Waals surface area contributed by atoms with Crippen molar-refractivity contribution < 1.29 is 14.6 Å². The number of halogens is 1. The summed E-state index contributed by atoms with van der Waals surface area (Å²) >= 11 is 2.26. The number of carbonyl (C=O) groups is 1. The number of aromatic nitrogens is 2. The van der Waals surface area contributed by atoms with Crippen LogP contribution in [0.4, 0.5) is 0 Å². The molecular weight excluding hydrogens is 495 g/mol. The summed E-state index contributed by atoms with van der Waals surface area (Å²) in [6.07, 6.45) is 1.08. The maximum Gasteiger partial charge on any atom is 0.224 e. The summed E-state index contributed by atoms with van der Waals surface area (Å²) in [6, 6.07) is 4.08. The fourth-order valence-corrected chi connectivity index (χ4v) is 5.58. The summed E-state index contributed by atoms with van der Waals surface area (Å²) in [5.74, 6) is 1.45. The van der Waals surface area contributed by atoms with Crippen LogP contribution in [0.25, 0.3) is 5.52 Å². The molecule has 8 heteroatoms. The molecule has 4 rings (SSSR count). The molecule has 2 aromatic rings. The van der Waals surface area contributed by atoms with Crippen molar-refractivity contribution in [2.45, 2.75) is 59.1 Å². The first-order valence-corrected chi connectivity index (χ1v) is 11.5. The Bertz CT molecular complexity index is 969. The molecule has 1 saturated carbocycles. The van der Waals surface area contributed by atoms with Gasteiger partial charge in [-0.1, -0.05) is 6.07 Å². The zero-order valence-electron chi connectivity index (χ0n) is 18.4. The van der Waals surface area contributed by atoms with Gasteiger partial charge in [0, 0.05) is 25.2 Å². The number of aryl methyl sites for hydroxylation is 1. The molecule has 3 heterocycles. The minimum absolute atomic E-state index is 0.00519. The zero-order chi connectivity index (χ0) is 22.0. The molecule has 2 fully saturated rings. The molecule has 0 radical (unpaired) electrons. The van der Waals surface area contributed by atoms with Gasteiger partial charge in [-0.05, 0) is 87.6 Å². The number of nitrogens with one attached hydrogen (secondary N) is 1. The molecule has 30 heavy (non-hydrogen) atoms. The van der Waals surface area contributed by atoms with E-state index >= 15 is 0 Å². The molecule has 2 aliphatic rings. The SMILES string of the molecule is Cc1cccn2c(C(C)(C)NC(=O)[C@H]3[C@@H]4CN(C(O)OC(C)(C)C)C[C@@H]43)nc(I)c12. The Kier molecular flexibility index (Phi) is 5.44. The van der Waals surface area contributed by atoms with Crippen molar-refractivity contribution in [1.29, 1.82) is 0 Å². The molecule has 2 aromatic heterocycles. The third-order valence-electron chi connectivity index (χ3n) is 6.11. The number of aliphatic hydroxyl groups is 1. The number of aliphatic hydroxyl groups excluding tert-OH is 1. The lowest BCUT2D eigenvalue weighted by Crippen LogP contribution is -2.46. The number of hydrogen-bond donors (Lipinski definition) is 2. The minimum Gasteiger partial charge on any atom is -0.356 e. The quantitative estimate of drug-likeness (QED) is 0.463. The predicted molar refractivity (Wildman–Crippen MR) is 123 cm³/mol. The van der Waals surface area contributed by atoms with Gasteiger partial charge in [0.25, 0.3) is 0 Å². The van der Waals surface area contributed by atoms with Gasteiger partial charge in [0.15, 0.2) is 0 Å². The van der Waals surface area contributed by atoms with Crippen LogP contribution in [-0.2, 0) is 15.1 Å². The van der Waals surface area contributed by atoms with Crippen molar-refractivity contribution in [2.75, 3.05) is 13.1 Å². The van der Waals surface area contributed by atoms with E-state index in [2.05, 4.69) is 45.3 Å². The number of rotatable bonds is 5. The Balaban J connectivity index is 1.42. The topological polar surface area (TPSA) is 79.1 Å². The normalized spacial score (nSPS) is 25.4. The standard InChI is InChI=1S/C22H31IN4O3/c1-12-8-7-9-27-16(12)17(23)24-19(27)22(5,6)25-18(28)15-13-10-26(11-14(13)15)20(29)30-21(2,3)4/h7-9,13-15,20,29H,10-11H2,1-6H3,(H,25,28)/t13-,14+,15+,20?. The molecule has 1 saturated heterocycles. The molecule has 7 nitrogen and oxygen atoms in total. The van der Waals surface area contributed by atoms with Gasteiger partial charge in [-0.15, -0.1) is 0 Å². The molecule has 1 unspecified atom stereocenters. The maximum atomic E-state index is 13.1. The van der Waals surface area contributed by atoms with Crippen LogP contribution < -0.4 is 5.32 Å². The van der Waals surface area contributed by atoms with E-state index < -0.39 is 17.6 Å². The van der Waals surface area contributed by atoms with Crippen molar-refractivity contribution in [2.24, 2.45) is 17.8 Å². The summed E-state index contributed by atoms with van der Waals surface area (Å²) in [5.41, 5.74) is 1.25. The van der Waals surface area contributed by atoms with Crippen LogP contribution in [0.1, 0.15) is 46.0 Å². The van der Waals surface area contributed by atoms with Gasteiger partial charge in [0.05, 0.1) is 16.7 Å². The van der Waals surface area contributed by atoms with Gasteiger partial charge in [0.1, 0.15) is 9.53 Å². The number of carbonyl (C=O) groups excluding carboxylic acids is 1. The van der Waals surface area contributed by atoms with Gasteiger partial charge in [-0.2, -0.15) is 0 Å². The van der Waals surface area contributed by atoms with Gasteiger partial charge in [-0.3, -0.25) is 9.69 Å². The molecule has 1 aliphatic heterocycles. The van der Waals surface area contributed by atoms with E-state index in [0.717, 1.165) is 20.6 Å². The number of imidazole rings is 1. The van der Waals surface area contributed by atoms with Crippen LogP contribution in [-0.4, -0.2) is 50.4 Å². The third-order valence-corrected chi connectivity index (χ3v) is 6.87. The zero-order valence-corrected chi connectivity index (χ0v) is 20.6. The van der Waals surface area contributed by atoms with E-state index in [0.29, 0.717) is 13.1 Å². The average molecular weight is 526 g/mol. The summed E-state index contributed by atoms with van der Waals surface area (Å²) in [7, 11) is 0. The molecular formula is C22H31IN4O3. The molecule has 0 bridgehead atoms. The smallest absolute Gasteiger partial charge is 0.224 e. The van der Waals surface area contributed by atoms with Gasteiger partial charge in [-0.25, -0.2) is 4.98 Å². The van der Waals surface area contributed by atoms with E-state index in [1.165, 1.54) is 0 Å². The molecule has 0 spiro atoms. The van der Waals surface area contributed by atoms with Crippen LogP contribution in [0, 0.1) is 28.4 Å². The Morgan fingerprint density at radius 1 is 1.30 bits per heavy atom. The molecule has 1 amide bonds. The summed E-state index contributed by atoms with van der Waals surface area (Å²) in [6.45, 7) is 13.2. The third kappa shape index (κ3) is 3.99. The van der Waals surface area contributed by atoms with Crippen molar-refractivity contribution in [3.05, 3.63) is 33.4 Å². The van der Waals surface area contributed by atoms with Crippen LogP contribution in [0.2, 0.25) is 0 Å². The first kappa shape index (κ1) is 22.0. The number of amides is 1. The Labute approximate surface area is 191 Å². The Hall–Kier alpha value is -1.23. The van der Waals surface area contributed by atoms with Gasteiger partial charge >= 0.3 is 0 Å². The fraction of sp³-hybridized carbons (Fsp3) is 0.636. The van der Waals surface area contributed by atoms with E-state index in [9.17, 15) is 9.90 Å². The highest BCUT2D eigenvalue weighted by Crippen LogP contribution is 2.52. The number of pyridine rings is 1. The van der Waals surface area contributed by atoms with Crippen LogP contribution in [0.15, 0.2) is 18.3 Å². The lowest BCUT2D eigenvalue weighted by atomic mass is 10.0. The van der Waals surface area contributed by atoms with Crippen LogP contribution >= 0.6 is 22.6 Å². The summed E-state index contributed by atoms with van der Waals surface area (Å²) in [5, 5.41) is 13.5. The maximum absolute atomic E-state index is 13.1. The molecule has 1 aliphatic carbocycles. The Morgan fingerprint density at radius 2 is 1.93 bits per heavy atom.